The van der Waals surface area contributed by atoms with E-state index in [1.54, 1.807) is 30.3 Å². The van der Waals surface area contributed by atoms with Crippen molar-refractivity contribution in [3.05, 3.63) is 65.5 Å². The average Bonchev–Trinajstić information content (AvgIpc) is 3.28. The number of anilines is 2. The van der Waals surface area contributed by atoms with Crippen LogP contribution >= 0.6 is 0 Å². The van der Waals surface area contributed by atoms with Crippen LogP contribution in [0.1, 0.15) is 23.1 Å². The Morgan fingerprint density at radius 3 is 2.46 bits per heavy atom. The summed E-state index contributed by atoms with van der Waals surface area (Å²) in [6, 6.07) is 8.35. The SMILES string of the molecule is CN1CCCN(S(=O)(=O)c2ccc(Nc3ncc(/C=C/c4cc(C(F)(F)F)cc5[nH]nnc45)cn3)cc2)CC1. The van der Waals surface area contributed by atoms with Gasteiger partial charge in [-0.05, 0) is 56.4 Å². The summed E-state index contributed by atoms with van der Waals surface area (Å²) in [4.78, 5) is 10.8. The van der Waals surface area contributed by atoms with E-state index in [2.05, 4.69) is 35.6 Å². The fourth-order valence-corrected chi connectivity index (χ4v) is 5.67. The lowest BCUT2D eigenvalue weighted by atomic mass is 10.1. The molecular formula is C25H25F3N8O2S. The Bertz CT molecular complexity index is 1590. The Labute approximate surface area is 222 Å². The summed E-state index contributed by atoms with van der Waals surface area (Å²) < 4.78 is 67.3. The quantitative estimate of drug-likeness (QED) is 0.364. The number of fused-ring (bicyclic) bond motifs is 1. The fourth-order valence-electron chi connectivity index (χ4n) is 4.20. The Morgan fingerprint density at radius 2 is 1.74 bits per heavy atom. The smallest absolute Gasteiger partial charge is 0.324 e. The van der Waals surface area contributed by atoms with Crippen molar-refractivity contribution in [2.45, 2.75) is 17.5 Å². The molecule has 0 bridgehead atoms. The lowest BCUT2D eigenvalue weighted by Gasteiger charge is -2.20. The molecule has 14 heteroatoms. The fraction of sp³-hybridized carbons (Fsp3) is 0.280. The molecule has 39 heavy (non-hydrogen) atoms. The molecule has 0 aliphatic carbocycles. The number of benzene rings is 2. The van der Waals surface area contributed by atoms with Gasteiger partial charge in [-0.3, -0.25) is 5.10 Å². The number of nitrogens with zero attached hydrogens (tertiary/aromatic N) is 6. The molecule has 1 aliphatic rings. The second-order valence-electron chi connectivity index (χ2n) is 9.15. The van der Waals surface area contributed by atoms with Gasteiger partial charge < -0.3 is 10.2 Å². The highest BCUT2D eigenvalue weighted by atomic mass is 32.2. The summed E-state index contributed by atoms with van der Waals surface area (Å²) in [5.41, 5.74) is 1.09. The number of nitrogens with one attached hydrogen (secondary N) is 2. The summed E-state index contributed by atoms with van der Waals surface area (Å²) in [6.45, 7) is 2.48. The number of sulfonamides is 1. The first-order valence-corrected chi connectivity index (χ1v) is 13.5. The van der Waals surface area contributed by atoms with Crippen LogP contribution in [0.3, 0.4) is 0 Å². The molecular weight excluding hydrogens is 533 g/mol. The summed E-state index contributed by atoms with van der Waals surface area (Å²) in [6.07, 6.45) is 2.36. The van der Waals surface area contributed by atoms with Gasteiger partial charge in [-0.1, -0.05) is 17.4 Å². The minimum absolute atomic E-state index is 0.179. The van der Waals surface area contributed by atoms with Crippen LogP contribution in [0.4, 0.5) is 24.8 Å². The zero-order valence-corrected chi connectivity index (χ0v) is 21.7. The first kappa shape index (κ1) is 26.7. The summed E-state index contributed by atoms with van der Waals surface area (Å²) >= 11 is 0. The summed E-state index contributed by atoms with van der Waals surface area (Å²) in [7, 11) is -1.61. The minimum Gasteiger partial charge on any atom is -0.324 e. The molecule has 10 nitrogen and oxygen atoms in total. The first-order chi connectivity index (χ1) is 18.6. The van der Waals surface area contributed by atoms with Gasteiger partial charge in [0.25, 0.3) is 0 Å². The van der Waals surface area contributed by atoms with Gasteiger partial charge in [-0.2, -0.15) is 17.5 Å². The van der Waals surface area contributed by atoms with Crippen molar-refractivity contribution in [2.75, 3.05) is 38.5 Å². The Balaban J connectivity index is 1.26. The molecule has 4 aromatic rings. The van der Waals surface area contributed by atoms with Gasteiger partial charge in [0, 0.05) is 48.8 Å². The number of H-pyrrole nitrogens is 1. The molecule has 1 aliphatic heterocycles. The zero-order chi connectivity index (χ0) is 27.6. The topological polar surface area (TPSA) is 120 Å². The van der Waals surface area contributed by atoms with Gasteiger partial charge in [0.05, 0.1) is 16.0 Å². The molecule has 1 fully saturated rings. The lowest BCUT2D eigenvalue weighted by Crippen LogP contribution is -2.34. The largest absolute Gasteiger partial charge is 0.416 e. The maximum absolute atomic E-state index is 13.2. The molecule has 0 saturated carbocycles. The van der Waals surface area contributed by atoms with E-state index in [0.717, 1.165) is 25.1 Å². The Kier molecular flexibility index (Phi) is 7.34. The van der Waals surface area contributed by atoms with E-state index in [-0.39, 0.29) is 21.9 Å². The number of alkyl halides is 3. The number of halogens is 3. The van der Waals surface area contributed by atoms with Gasteiger partial charge in [-0.25, -0.2) is 18.4 Å². The molecule has 0 radical (unpaired) electrons. The maximum Gasteiger partial charge on any atom is 0.416 e. The highest BCUT2D eigenvalue weighted by Gasteiger charge is 2.31. The second-order valence-corrected chi connectivity index (χ2v) is 11.1. The molecule has 0 amide bonds. The van der Waals surface area contributed by atoms with Gasteiger partial charge in [-0.15, -0.1) is 5.10 Å². The number of hydrogen-bond donors (Lipinski definition) is 2. The van der Waals surface area contributed by atoms with Crippen molar-refractivity contribution in [2.24, 2.45) is 0 Å². The molecule has 5 rings (SSSR count). The van der Waals surface area contributed by atoms with E-state index in [1.807, 2.05) is 7.05 Å². The molecule has 0 atom stereocenters. The Hall–Kier alpha value is -3.88. The molecule has 3 heterocycles. The van der Waals surface area contributed by atoms with E-state index in [4.69, 9.17) is 0 Å². The van der Waals surface area contributed by atoms with Crippen LogP contribution < -0.4 is 5.32 Å². The monoisotopic (exact) mass is 558 g/mol. The third-order valence-electron chi connectivity index (χ3n) is 6.34. The third-order valence-corrected chi connectivity index (χ3v) is 8.25. The molecule has 2 aromatic heterocycles. The minimum atomic E-state index is -4.51. The predicted molar refractivity (Wildman–Crippen MR) is 140 cm³/mol. The molecule has 0 unspecified atom stereocenters. The van der Waals surface area contributed by atoms with Crippen molar-refractivity contribution in [3.8, 4) is 0 Å². The third kappa shape index (κ3) is 6.08. The van der Waals surface area contributed by atoms with Crippen LogP contribution in [0.5, 0.6) is 0 Å². The van der Waals surface area contributed by atoms with Gasteiger partial charge in [0.1, 0.15) is 5.52 Å². The van der Waals surface area contributed by atoms with E-state index in [1.165, 1.54) is 22.8 Å². The molecule has 204 valence electrons. The predicted octanol–water partition coefficient (Wildman–Crippen LogP) is 4.01. The highest BCUT2D eigenvalue weighted by molar-refractivity contribution is 7.89. The number of rotatable bonds is 6. The van der Waals surface area contributed by atoms with Crippen LogP contribution in [0, 0.1) is 0 Å². The van der Waals surface area contributed by atoms with E-state index in [9.17, 15) is 21.6 Å². The van der Waals surface area contributed by atoms with Crippen LogP contribution in [0.15, 0.2) is 53.7 Å². The zero-order valence-electron chi connectivity index (χ0n) is 20.9. The van der Waals surface area contributed by atoms with Crippen LogP contribution in [0.2, 0.25) is 0 Å². The van der Waals surface area contributed by atoms with Gasteiger partial charge in [0.2, 0.25) is 16.0 Å². The second kappa shape index (κ2) is 10.7. The van der Waals surface area contributed by atoms with Crippen molar-refractivity contribution >= 4 is 44.8 Å². The van der Waals surface area contributed by atoms with E-state index in [0.29, 0.717) is 36.4 Å². The van der Waals surface area contributed by atoms with Crippen LogP contribution in [0.25, 0.3) is 23.2 Å². The number of aromatic amines is 1. The maximum atomic E-state index is 13.2. The van der Waals surface area contributed by atoms with Crippen molar-refractivity contribution < 1.29 is 21.6 Å². The van der Waals surface area contributed by atoms with E-state index >= 15 is 0 Å². The summed E-state index contributed by atoms with van der Waals surface area (Å²) in [5, 5.41) is 12.9. The van der Waals surface area contributed by atoms with Gasteiger partial charge >= 0.3 is 6.18 Å². The van der Waals surface area contributed by atoms with Crippen LogP contribution in [-0.4, -0.2) is 76.2 Å². The number of aromatic nitrogens is 5. The highest BCUT2D eigenvalue weighted by Crippen LogP contribution is 2.33. The van der Waals surface area contributed by atoms with Crippen molar-refractivity contribution in [1.82, 2.24) is 34.6 Å². The molecule has 0 spiro atoms. The molecule has 2 aromatic carbocycles. The first-order valence-electron chi connectivity index (χ1n) is 12.1. The Morgan fingerprint density at radius 1 is 1.00 bits per heavy atom. The van der Waals surface area contributed by atoms with E-state index < -0.39 is 21.8 Å². The number of likely N-dealkylation sites (N-methyl/N-ethyl adjacent to an activating group) is 1. The number of hydrogen-bond acceptors (Lipinski definition) is 8. The van der Waals surface area contributed by atoms with Gasteiger partial charge in [0.15, 0.2) is 0 Å². The standard InChI is InChI=1S/C25H25F3N8O2S/c1-35-9-2-10-36(12-11-35)39(37,38)21-7-5-20(6-8-21)31-24-29-15-17(16-30-24)3-4-18-13-19(25(26,27)28)14-22-23(18)33-34-32-22/h3-8,13-16H,2,9-12H2,1H3,(H,29,30,31)(H,32,33,34)/b4-3+. The molecule has 1 saturated heterocycles. The van der Waals surface area contributed by atoms with Crippen molar-refractivity contribution in [1.29, 1.82) is 0 Å². The van der Waals surface area contributed by atoms with Crippen LogP contribution in [-0.2, 0) is 16.2 Å². The molecule has 2 N–H and O–H groups in total. The normalized spacial score (nSPS) is 16.1. The lowest BCUT2D eigenvalue weighted by molar-refractivity contribution is -0.137. The van der Waals surface area contributed by atoms with Crippen molar-refractivity contribution in [3.63, 3.8) is 0 Å². The average molecular weight is 559 g/mol. The summed E-state index contributed by atoms with van der Waals surface area (Å²) in [5.74, 6) is 0.274.